The second-order valence-corrected chi connectivity index (χ2v) is 8.99. The molecule has 4 rings (SSSR count). The van der Waals surface area contributed by atoms with Gasteiger partial charge in [-0.15, -0.1) is 6.42 Å². The van der Waals surface area contributed by atoms with Crippen molar-refractivity contribution in [2.75, 3.05) is 19.8 Å². The van der Waals surface area contributed by atoms with Crippen molar-refractivity contribution in [2.45, 2.75) is 26.8 Å². The zero-order valence-corrected chi connectivity index (χ0v) is 21.4. The topological polar surface area (TPSA) is 79.1 Å². The summed E-state index contributed by atoms with van der Waals surface area (Å²) in [6.07, 6.45) is 7.02. The molecule has 0 spiro atoms. The first kappa shape index (κ1) is 25.9. The molecule has 0 bridgehead atoms. The van der Waals surface area contributed by atoms with Crippen LogP contribution in [0.3, 0.4) is 0 Å². The maximum atomic E-state index is 13.7. The second kappa shape index (κ2) is 11.3. The summed E-state index contributed by atoms with van der Waals surface area (Å²) in [7, 11) is 0. The van der Waals surface area contributed by atoms with Gasteiger partial charge in [0.1, 0.15) is 12.4 Å². The van der Waals surface area contributed by atoms with Gasteiger partial charge in [0.2, 0.25) is 0 Å². The fourth-order valence-corrected chi connectivity index (χ4v) is 5.07. The molecule has 0 amide bonds. The molecule has 0 N–H and O–H groups in total. The van der Waals surface area contributed by atoms with Crippen LogP contribution in [0.2, 0.25) is 0 Å². The Morgan fingerprint density at radius 1 is 1.16 bits per heavy atom. The Balaban J connectivity index is 1.87. The molecule has 0 unspecified atom stereocenters. The lowest BCUT2D eigenvalue weighted by Crippen LogP contribution is -2.39. The molecule has 0 radical (unpaired) electrons. The number of rotatable bonds is 8. The monoisotopic (exact) mass is 520 g/mol. The number of thiazole rings is 1. The van der Waals surface area contributed by atoms with Gasteiger partial charge in [0, 0.05) is 0 Å². The van der Waals surface area contributed by atoms with Crippen LogP contribution >= 0.6 is 11.3 Å². The van der Waals surface area contributed by atoms with Gasteiger partial charge in [-0.1, -0.05) is 35.5 Å². The highest BCUT2D eigenvalue weighted by Gasteiger charge is 2.33. The van der Waals surface area contributed by atoms with Gasteiger partial charge in [0.15, 0.2) is 16.3 Å². The minimum absolute atomic E-state index is 0.101. The van der Waals surface area contributed by atoms with Gasteiger partial charge in [-0.25, -0.2) is 14.2 Å². The van der Waals surface area contributed by atoms with Crippen molar-refractivity contribution in [3.05, 3.63) is 90.4 Å². The van der Waals surface area contributed by atoms with Crippen LogP contribution in [-0.2, 0) is 9.53 Å². The molecule has 1 atom stereocenters. The standard InChI is InChI=1S/C28H25FN2O5S/c1-5-14-36-21-13-8-18(15-22(21)34-6-2)16-23-26(32)31-25(19-9-11-20(29)12-10-19)24(27(33)35-7-3)17(4)30-28(31)37-23/h1,8-13,15-16,25H,6-7,14H2,2-4H3/b23-16-/t25-/m1/s1. The van der Waals surface area contributed by atoms with E-state index in [0.29, 0.717) is 44.3 Å². The first-order chi connectivity index (χ1) is 17.9. The van der Waals surface area contributed by atoms with E-state index in [1.807, 2.05) is 6.92 Å². The average molecular weight is 521 g/mol. The van der Waals surface area contributed by atoms with Crippen LogP contribution in [0.25, 0.3) is 6.08 Å². The third-order valence-electron chi connectivity index (χ3n) is 5.58. The first-order valence-corrected chi connectivity index (χ1v) is 12.5. The number of halogens is 1. The molecule has 0 saturated carbocycles. The van der Waals surface area contributed by atoms with Gasteiger partial charge in [-0.05, 0) is 62.2 Å². The summed E-state index contributed by atoms with van der Waals surface area (Å²) in [4.78, 5) is 31.6. The van der Waals surface area contributed by atoms with Crippen LogP contribution in [0.4, 0.5) is 4.39 Å². The molecule has 1 aliphatic heterocycles. The van der Waals surface area contributed by atoms with Crippen molar-refractivity contribution in [1.82, 2.24) is 4.57 Å². The third kappa shape index (κ3) is 5.34. The predicted molar refractivity (Wildman–Crippen MR) is 139 cm³/mol. The third-order valence-corrected chi connectivity index (χ3v) is 6.56. The van der Waals surface area contributed by atoms with Crippen molar-refractivity contribution in [3.63, 3.8) is 0 Å². The minimum Gasteiger partial charge on any atom is -0.490 e. The summed E-state index contributed by atoms with van der Waals surface area (Å²) in [6, 6.07) is 10.2. The van der Waals surface area contributed by atoms with Gasteiger partial charge in [0.25, 0.3) is 5.56 Å². The van der Waals surface area contributed by atoms with Gasteiger partial charge in [-0.3, -0.25) is 9.36 Å². The summed E-state index contributed by atoms with van der Waals surface area (Å²) >= 11 is 1.20. The Morgan fingerprint density at radius 2 is 1.92 bits per heavy atom. The van der Waals surface area contributed by atoms with E-state index >= 15 is 0 Å². The predicted octanol–water partition coefficient (Wildman–Crippen LogP) is 3.35. The first-order valence-electron chi connectivity index (χ1n) is 11.7. The van der Waals surface area contributed by atoms with Crippen LogP contribution in [0.1, 0.15) is 37.9 Å². The normalized spacial score (nSPS) is 15.0. The lowest BCUT2D eigenvalue weighted by atomic mass is 9.96. The number of fused-ring (bicyclic) bond motifs is 1. The number of hydrogen-bond acceptors (Lipinski definition) is 7. The van der Waals surface area contributed by atoms with Crippen molar-refractivity contribution in [1.29, 1.82) is 0 Å². The Kier molecular flexibility index (Phi) is 7.89. The van der Waals surface area contributed by atoms with Crippen molar-refractivity contribution in [2.24, 2.45) is 4.99 Å². The molecule has 1 aliphatic rings. The van der Waals surface area contributed by atoms with Crippen molar-refractivity contribution in [3.8, 4) is 23.8 Å². The summed E-state index contributed by atoms with van der Waals surface area (Å²) in [6.45, 7) is 5.95. The number of carbonyl (C=O) groups is 1. The van der Waals surface area contributed by atoms with E-state index in [0.717, 1.165) is 0 Å². The van der Waals surface area contributed by atoms with E-state index in [4.69, 9.17) is 20.6 Å². The van der Waals surface area contributed by atoms with Crippen LogP contribution < -0.4 is 24.4 Å². The molecule has 2 aromatic carbocycles. The van der Waals surface area contributed by atoms with E-state index < -0.39 is 17.8 Å². The van der Waals surface area contributed by atoms with Crippen LogP contribution in [0, 0.1) is 18.2 Å². The number of benzene rings is 2. The summed E-state index contributed by atoms with van der Waals surface area (Å²) in [5.74, 6) is 2.44. The summed E-state index contributed by atoms with van der Waals surface area (Å²) < 4.78 is 32.1. The molecule has 1 aromatic heterocycles. The zero-order valence-electron chi connectivity index (χ0n) is 20.6. The van der Waals surface area contributed by atoms with Crippen LogP contribution in [-0.4, -0.2) is 30.4 Å². The molecule has 9 heteroatoms. The minimum atomic E-state index is -0.809. The number of esters is 1. The number of ether oxygens (including phenoxy) is 3. The Hall–Kier alpha value is -4.16. The Labute approximate surface area is 217 Å². The molecule has 37 heavy (non-hydrogen) atoms. The molecule has 0 saturated heterocycles. The summed E-state index contributed by atoms with van der Waals surface area (Å²) in [5, 5.41) is 0. The SMILES string of the molecule is C#CCOc1ccc(/C=c2\sc3n(c2=O)[C@H](c2ccc(F)cc2)C(C(=O)OCC)=C(C)N=3)cc1OCC. The second-order valence-electron chi connectivity index (χ2n) is 7.99. The van der Waals surface area contributed by atoms with E-state index in [2.05, 4.69) is 10.9 Å². The van der Waals surface area contributed by atoms with Gasteiger partial charge in [0.05, 0.1) is 35.1 Å². The molecule has 7 nitrogen and oxygen atoms in total. The largest absolute Gasteiger partial charge is 0.490 e. The van der Waals surface area contributed by atoms with E-state index in [1.54, 1.807) is 50.3 Å². The molecular formula is C28H25FN2O5S. The quantitative estimate of drug-likeness (QED) is 0.336. The highest BCUT2D eigenvalue weighted by atomic mass is 32.1. The highest BCUT2D eigenvalue weighted by molar-refractivity contribution is 7.07. The number of terminal acetylenes is 1. The van der Waals surface area contributed by atoms with Gasteiger partial charge < -0.3 is 14.2 Å². The highest BCUT2D eigenvalue weighted by Crippen LogP contribution is 2.31. The van der Waals surface area contributed by atoms with E-state index in [1.165, 1.54) is 28.0 Å². The lowest BCUT2D eigenvalue weighted by Gasteiger charge is -2.24. The van der Waals surface area contributed by atoms with Gasteiger partial charge in [-0.2, -0.15) is 0 Å². The average Bonchev–Trinajstić information content (AvgIpc) is 3.17. The number of aromatic nitrogens is 1. The maximum absolute atomic E-state index is 13.7. The fourth-order valence-electron chi connectivity index (χ4n) is 4.02. The van der Waals surface area contributed by atoms with E-state index in [9.17, 15) is 14.0 Å². The zero-order chi connectivity index (χ0) is 26.5. The maximum Gasteiger partial charge on any atom is 0.338 e. The lowest BCUT2D eigenvalue weighted by molar-refractivity contribution is -0.139. The van der Waals surface area contributed by atoms with Crippen LogP contribution in [0.15, 0.2) is 63.5 Å². The molecule has 2 heterocycles. The molecule has 3 aromatic rings. The number of nitrogens with zero attached hydrogens (tertiary/aromatic N) is 2. The van der Waals surface area contributed by atoms with Crippen molar-refractivity contribution < 1.29 is 23.4 Å². The molecule has 190 valence electrons. The summed E-state index contributed by atoms with van der Waals surface area (Å²) in [5.41, 5.74) is 1.62. The van der Waals surface area contributed by atoms with Gasteiger partial charge >= 0.3 is 5.97 Å². The molecule has 0 aliphatic carbocycles. The smallest absolute Gasteiger partial charge is 0.338 e. The number of carbonyl (C=O) groups excluding carboxylic acids is 1. The van der Waals surface area contributed by atoms with Crippen LogP contribution in [0.5, 0.6) is 11.5 Å². The Morgan fingerprint density at radius 3 is 2.59 bits per heavy atom. The van der Waals surface area contributed by atoms with E-state index in [-0.39, 0.29) is 24.3 Å². The number of allylic oxidation sites excluding steroid dienone is 1. The fraction of sp³-hybridized carbons (Fsp3) is 0.250. The molecule has 0 fully saturated rings. The molecular weight excluding hydrogens is 495 g/mol. The van der Waals surface area contributed by atoms with Crippen molar-refractivity contribution >= 4 is 23.4 Å². The Bertz CT molecular complexity index is 1580. The number of hydrogen-bond donors (Lipinski definition) is 0.